The molecule has 2 unspecified atom stereocenters. The van der Waals surface area contributed by atoms with Crippen molar-refractivity contribution in [2.75, 3.05) is 13.6 Å². The van der Waals surface area contributed by atoms with Crippen LogP contribution in [0.2, 0.25) is 0 Å². The molecule has 2 aliphatic rings. The number of nitrogens with zero attached hydrogens (tertiary/aromatic N) is 1. The molecule has 2 N–H and O–H groups in total. The third kappa shape index (κ3) is 11.6. The van der Waals surface area contributed by atoms with E-state index in [1.54, 1.807) is 0 Å². The summed E-state index contributed by atoms with van der Waals surface area (Å²) in [5, 5.41) is 6.33. The maximum atomic E-state index is 13.9. The van der Waals surface area contributed by atoms with Gasteiger partial charge in [0, 0.05) is 71.3 Å². The molecule has 0 aromatic heterocycles. The quantitative estimate of drug-likeness (QED) is 0.148. The van der Waals surface area contributed by atoms with Gasteiger partial charge in [-0.1, -0.05) is 104 Å². The molecular weight excluding hydrogens is 715 g/mol. The van der Waals surface area contributed by atoms with Crippen molar-refractivity contribution in [3.05, 3.63) is 70.3 Å². The first-order chi connectivity index (χ1) is 25.9. The standard InChI is InChI=1S/C48H73N3O6/c1-18-38(52)56-39-32(19-30(2)21-36(39)43(4,5)6)23-33-20-31(3)22-37(44(7,8)9)40(33)57-41(53)49-29-48(16)25-34(24-45(10,11)28-48)50-42(54)55-35-26-46(12,13)51(17)47(14,15)27-35/h18-22,34-35H,1,23-29H2,2-17H3,(H,49,53)(H,50,54). The van der Waals surface area contributed by atoms with Gasteiger partial charge in [0.05, 0.1) is 0 Å². The number of alkyl carbamates (subject to hydrolysis) is 1. The average molecular weight is 788 g/mol. The van der Waals surface area contributed by atoms with Crippen LogP contribution in [0.3, 0.4) is 0 Å². The Labute approximate surface area is 344 Å². The molecule has 1 saturated carbocycles. The van der Waals surface area contributed by atoms with Gasteiger partial charge >= 0.3 is 18.2 Å². The largest absolute Gasteiger partial charge is 0.446 e. The first-order valence-electron chi connectivity index (χ1n) is 20.7. The number of nitrogens with one attached hydrogen (secondary N) is 2. The molecule has 1 aliphatic carbocycles. The van der Waals surface area contributed by atoms with Crippen molar-refractivity contribution in [3.8, 4) is 11.5 Å². The normalized spacial score (nSPS) is 22.3. The molecule has 2 aromatic rings. The molecule has 9 nitrogen and oxygen atoms in total. The number of carbonyl (C=O) groups excluding carboxylic acids is 3. The van der Waals surface area contributed by atoms with Crippen LogP contribution in [0.5, 0.6) is 11.5 Å². The molecule has 1 heterocycles. The summed E-state index contributed by atoms with van der Waals surface area (Å²) in [4.78, 5) is 42.3. The van der Waals surface area contributed by atoms with Crippen molar-refractivity contribution >= 4 is 18.2 Å². The van der Waals surface area contributed by atoms with Gasteiger partial charge in [-0.3, -0.25) is 4.90 Å². The molecule has 1 aliphatic heterocycles. The number of rotatable bonds is 9. The Morgan fingerprint density at radius 2 is 1.26 bits per heavy atom. The lowest BCUT2D eigenvalue weighted by atomic mass is 9.62. The van der Waals surface area contributed by atoms with E-state index in [9.17, 15) is 14.4 Å². The Balaban J connectivity index is 1.56. The minimum absolute atomic E-state index is 0.0793. The van der Waals surface area contributed by atoms with Gasteiger partial charge < -0.3 is 24.8 Å². The number of aryl methyl sites for hydroxylation is 2. The number of piperidine rings is 1. The van der Waals surface area contributed by atoms with Crippen LogP contribution in [0.4, 0.5) is 9.59 Å². The first-order valence-corrected chi connectivity index (χ1v) is 20.7. The summed E-state index contributed by atoms with van der Waals surface area (Å²) in [6.07, 6.45) is 4.38. The number of amides is 2. The van der Waals surface area contributed by atoms with Crippen LogP contribution < -0.4 is 20.1 Å². The van der Waals surface area contributed by atoms with E-state index in [0.717, 1.165) is 59.1 Å². The minimum atomic E-state index is -0.537. The highest BCUT2D eigenvalue weighted by Gasteiger charge is 2.46. The molecule has 2 atom stereocenters. The van der Waals surface area contributed by atoms with Crippen LogP contribution in [0.15, 0.2) is 36.9 Å². The molecule has 2 amide bonds. The van der Waals surface area contributed by atoms with Crippen molar-refractivity contribution in [1.82, 2.24) is 15.5 Å². The molecule has 2 aromatic carbocycles. The van der Waals surface area contributed by atoms with Gasteiger partial charge in [0.2, 0.25) is 0 Å². The van der Waals surface area contributed by atoms with E-state index < -0.39 is 12.1 Å². The summed E-state index contributed by atoms with van der Waals surface area (Å²) < 4.78 is 18.4. The second kappa shape index (κ2) is 16.4. The predicted molar refractivity (Wildman–Crippen MR) is 231 cm³/mol. The van der Waals surface area contributed by atoms with Crippen LogP contribution >= 0.6 is 0 Å². The molecule has 2 fully saturated rings. The van der Waals surface area contributed by atoms with Gasteiger partial charge in [0.15, 0.2) is 0 Å². The Kier molecular flexibility index (Phi) is 13.2. The van der Waals surface area contributed by atoms with Crippen LogP contribution in [0, 0.1) is 24.7 Å². The summed E-state index contributed by atoms with van der Waals surface area (Å²) in [5.74, 6) is 0.480. The average Bonchev–Trinajstić information content (AvgIpc) is 3.02. The van der Waals surface area contributed by atoms with E-state index in [4.69, 9.17) is 14.2 Å². The fourth-order valence-electron chi connectivity index (χ4n) is 9.66. The molecule has 316 valence electrons. The second-order valence-electron chi connectivity index (χ2n) is 21.7. The number of benzene rings is 2. The SMILES string of the molecule is C=CC(=O)Oc1c(Cc2cc(C)cc(C(C)(C)C)c2OC(=O)NCC2(C)CC(NC(=O)OC3CC(C)(C)N(C)C(C)(C)C3)CC(C)(C)C2)cc(C)cc1C(C)(C)C. The summed E-state index contributed by atoms with van der Waals surface area (Å²) in [6, 6.07) is 8.11. The molecule has 9 heteroatoms. The molecule has 0 radical (unpaired) electrons. The van der Waals surface area contributed by atoms with Gasteiger partial charge in [-0.05, 0) is 89.5 Å². The van der Waals surface area contributed by atoms with E-state index >= 15 is 0 Å². The minimum Gasteiger partial charge on any atom is -0.446 e. The lowest BCUT2D eigenvalue weighted by Gasteiger charge is -2.53. The van der Waals surface area contributed by atoms with E-state index in [1.807, 2.05) is 26.0 Å². The zero-order chi connectivity index (χ0) is 43.1. The number of hydrogen-bond donors (Lipinski definition) is 2. The summed E-state index contributed by atoms with van der Waals surface area (Å²) in [7, 11) is 2.14. The van der Waals surface area contributed by atoms with Crippen molar-refractivity contribution in [1.29, 1.82) is 0 Å². The lowest BCUT2D eigenvalue weighted by molar-refractivity contribution is -0.129. The molecule has 0 bridgehead atoms. The number of likely N-dealkylation sites (tertiary alicyclic amines) is 1. The third-order valence-corrected chi connectivity index (χ3v) is 12.2. The summed E-state index contributed by atoms with van der Waals surface area (Å²) in [5.41, 5.74) is 4.31. The molecule has 57 heavy (non-hydrogen) atoms. The Bertz CT molecular complexity index is 1830. The highest BCUT2D eigenvalue weighted by molar-refractivity contribution is 5.84. The van der Waals surface area contributed by atoms with Crippen LogP contribution in [-0.4, -0.2) is 59.9 Å². The summed E-state index contributed by atoms with van der Waals surface area (Å²) >= 11 is 0. The highest BCUT2D eigenvalue weighted by atomic mass is 16.6. The van der Waals surface area contributed by atoms with Crippen molar-refractivity contribution in [2.45, 2.75) is 176 Å². The molecular formula is C48H73N3O6. The topological polar surface area (TPSA) is 106 Å². The highest BCUT2D eigenvalue weighted by Crippen LogP contribution is 2.46. The van der Waals surface area contributed by atoms with Crippen LogP contribution in [-0.2, 0) is 26.8 Å². The Morgan fingerprint density at radius 3 is 1.74 bits per heavy atom. The number of hydrogen-bond acceptors (Lipinski definition) is 7. The number of esters is 1. The maximum absolute atomic E-state index is 13.9. The van der Waals surface area contributed by atoms with Crippen molar-refractivity contribution in [2.24, 2.45) is 10.8 Å². The Morgan fingerprint density at radius 1 is 0.772 bits per heavy atom. The van der Waals surface area contributed by atoms with Gasteiger partial charge in [-0.25, -0.2) is 14.4 Å². The van der Waals surface area contributed by atoms with Gasteiger partial charge in [-0.2, -0.15) is 0 Å². The van der Waals surface area contributed by atoms with E-state index in [0.29, 0.717) is 30.9 Å². The maximum Gasteiger partial charge on any atom is 0.412 e. The van der Waals surface area contributed by atoms with E-state index in [2.05, 4.69) is 131 Å². The monoisotopic (exact) mass is 788 g/mol. The third-order valence-electron chi connectivity index (χ3n) is 12.2. The second-order valence-corrected chi connectivity index (χ2v) is 21.7. The van der Waals surface area contributed by atoms with Crippen molar-refractivity contribution < 1.29 is 28.6 Å². The fourth-order valence-corrected chi connectivity index (χ4v) is 9.66. The number of ether oxygens (including phenoxy) is 3. The van der Waals surface area contributed by atoms with Crippen LogP contribution in [0.25, 0.3) is 0 Å². The zero-order valence-corrected chi connectivity index (χ0v) is 38.1. The molecule has 1 saturated heterocycles. The van der Waals surface area contributed by atoms with Crippen LogP contribution in [0.1, 0.15) is 155 Å². The lowest BCUT2D eigenvalue weighted by Crippen LogP contribution is -2.60. The fraction of sp³-hybridized carbons (Fsp3) is 0.646. The predicted octanol–water partition coefficient (Wildman–Crippen LogP) is 10.6. The first kappa shape index (κ1) is 45.8. The molecule has 4 rings (SSSR count). The Hall–Kier alpha value is -3.85. The zero-order valence-electron chi connectivity index (χ0n) is 38.1. The molecule has 0 spiro atoms. The summed E-state index contributed by atoms with van der Waals surface area (Å²) in [6.45, 7) is 36.1. The smallest absolute Gasteiger partial charge is 0.412 e. The van der Waals surface area contributed by atoms with Gasteiger partial charge in [-0.15, -0.1) is 0 Å². The van der Waals surface area contributed by atoms with Crippen molar-refractivity contribution in [3.63, 3.8) is 0 Å². The van der Waals surface area contributed by atoms with Gasteiger partial charge in [0.25, 0.3) is 0 Å². The number of carbonyl (C=O) groups is 3. The van der Waals surface area contributed by atoms with Gasteiger partial charge in [0.1, 0.15) is 17.6 Å². The van der Waals surface area contributed by atoms with E-state index in [1.165, 1.54) is 6.08 Å². The van der Waals surface area contributed by atoms with E-state index in [-0.39, 0.29) is 51.0 Å².